The highest BCUT2D eigenvalue weighted by Crippen LogP contribution is 2.18. The summed E-state index contributed by atoms with van der Waals surface area (Å²) < 4.78 is 10.5. The summed E-state index contributed by atoms with van der Waals surface area (Å²) in [6.45, 7) is 7.87. The van der Waals surface area contributed by atoms with E-state index in [0.29, 0.717) is 12.4 Å². The number of methoxy groups -OCH3 is 1. The molecule has 1 aromatic heterocycles. The lowest BCUT2D eigenvalue weighted by Crippen LogP contribution is -2.40. The van der Waals surface area contributed by atoms with E-state index in [1.807, 2.05) is 20.8 Å². The molecule has 122 valence electrons. The Bertz CT molecular complexity index is 516. The van der Waals surface area contributed by atoms with Crippen molar-refractivity contribution in [2.75, 3.05) is 20.2 Å². The van der Waals surface area contributed by atoms with Gasteiger partial charge in [-0.05, 0) is 27.2 Å². The van der Waals surface area contributed by atoms with E-state index in [4.69, 9.17) is 9.47 Å². The van der Waals surface area contributed by atoms with Gasteiger partial charge >= 0.3 is 6.09 Å². The Balaban J connectivity index is 1.84. The van der Waals surface area contributed by atoms with E-state index >= 15 is 0 Å². The van der Waals surface area contributed by atoms with Crippen LogP contribution >= 0.6 is 0 Å². The third-order valence-corrected chi connectivity index (χ3v) is 3.30. The van der Waals surface area contributed by atoms with Gasteiger partial charge in [0, 0.05) is 38.1 Å². The van der Waals surface area contributed by atoms with Crippen LogP contribution in [-0.2, 0) is 11.3 Å². The summed E-state index contributed by atoms with van der Waals surface area (Å²) in [7, 11) is 1.59. The van der Waals surface area contributed by atoms with Crippen LogP contribution in [0.1, 0.15) is 32.9 Å². The SMILES string of the molecule is COc1nccnc1CN1CC[C@@H](NC(=O)OC(C)(C)C)C1. The summed E-state index contributed by atoms with van der Waals surface area (Å²) in [6.07, 6.45) is 3.79. The number of nitrogens with zero attached hydrogens (tertiary/aromatic N) is 3. The number of alkyl carbamates (subject to hydrolysis) is 1. The standard InChI is InChI=1S/C15H24N4O3/c1-15(2,3)22-14(20)18-11-5-8-19(9-11)10-12-13(21-4)17-7-6-16-12/h6-7,11H,5,8-10H2,1-4H3,(H,18,20)/t11-/m1/s1. The van der Waals surface area contributed by atoms with Gasteiger partial charge in [0.15, 0.2) is 0 Å². The van der Waals surface area contributed by atoms with E-state index in [9.17, 15) is 4.79 Å². The Morgan fingerprint density at radius 3 is 2.82 bits per heavy atom. The number of hydrogen-bond acceptors (Lipinski definition) is 6. The Hall–Kier alpha value is -1.89. The third kappa shape index (κ3) is 4.84. The lowest BCUT2D eigenvalue weighted by Gasteiger charge is -2.22. The Labute approximate surface area is 131 Å². The van der Waals surface area contributed by atoms with Crippen LogP contribution in [0.5, 0.6) is 5.88 Å². The fraction of sp³-hybridized carbons (Fsp3) is 0.667. The quantitative estimate of drug-likeness (QED) is 0.910. The van der Waals surface area contributed by atoms with E-state index in [1.165, 1.54) is 0 Å². The maximum absolute atomic E-state index is 11.8. The van der Waals surface area contributed by atoms with Gasteiger partial charge < -0.3 is 14.8 Å². The molecule has 1 saturated heterocycles. The zero-order chi connectivity index (χ0) is 16.2. The molecule has 1 aliphatic heterocycles. The molecule has 0 bridgehead atoms. The van der Waals surface area contributed by atoms with Crippen molar-refractivity contribution >= 4 is 6.09 Å². The molecular weight excluding hydrogens is 284 g/mol. The fourth-order valence-corrected chi connectivity index (χ4v) is 2.41. The maximum atomic E-state index is 11.8. The number of amides is 1. The molecule has 2 heterocycles. The van der Waals surface area contributed by atoms with Crippen molar-refractivity contribution in [3.63, 3.8) is 0 Å². The molecule has 0 aliphatic carbocycles. The smallest absolute Gasteiger partial charge is 0.407 e. The van der Waals surface area contributed by atoms with Crippen molar-refractivity contribution in [2.45, 2.75) is 45.4 Å². The number of nitrogens with one attached hydrogen (secondary N) is 1. The summed E-state index contributed by atoms with van der Waals surface area (Å²) >= 11 is 0. The molecule has 0 unspecified atom stereocenters. The van der Waals surface area contributed by atoms with Crippen LogP contribution in [0.3, 0.4) is 0 Å². The van der Waals surface area contributed by atoms with Gasteiger partial charge in [0.05, 0.1) is 7.11 Å². The molecule has 7 heteroatoms. The summed E-state index contributed by atoms with van der Waals surface area (Å²) in [5.74, 6) is 0.547. The van der Waals surface area contributed by atoms with Gasteiger partial charge in [0.25, 0.3) is 0 Å². The zero-order valence-electron chi connectivity index (χ0n) is 13.6. The van der Waals surface area contributed by atoms with Crippen LogP contribution in [0.2, 0.25) is 0 Å². The van der Waals surface area contributed by atoms with Gasteiger partial charge in [-0.25, -0.2) is 9.78 Å². The van der Waals surface area contributed by atoms with Crippen LogP contribution < -0.4 is 10.1 Å². The summed E-state index contributed by atoms with van der Waals surface area (Å²) in [6, 6.07) is 0.0949. The molecule has 2 rings (SSSR count). The lowest BCUT2D eigenvalue weighted by atomic mass is 10.2. The number of aromatic nitrogens is 2. The molecule has 1 aliphatic rings. The molecule has 1 aromatic rings. The maximum Gasteiger partial charge on any atom is 0.407 e. The van der Waals surface area contributed by atoms with Gasteiger partial charge in [-0.15, -0.1) is 0 Å². The number of hydrogen-bond donors (Lipinski definition) is 1. The van der Waals surface area contributed by atoms with Gasteiger partial charge in [-0.2, -0.15) is 0 Å². The Kier molecular flexibility index (Phi) is 5.18. The predicted molar refractivity (Wildman–Crippen MR) is 81.6 cm³/mol. The number of carbonyl (C=O) groups excluding carboxylic acids is 1. The molecule has 22 heavy (non-hydrogen) atoms. The van der Waals surface area contributed by atoms with Crippen LogP contribution in [0, 0.1) is 0 Å². The molecule has 0 radical (unpaired) electrons. The minimum absolute atomic E-state index is 0.0949. The monoisotopic (exact) mass is 308 g/mol. The molecule has 1 amide bonds. The second-order valence-electron chi connectivity index (χ2n) is 6.38. The van der Waals surface area contributed by atoms with E-state index in [0.717, 1.165) is 25.2 Å². The second-order valence-corrected chi connectivity index (χ2v) is 6.38. The topological polar surface area (TPSA) is 76.6 Å². The Morgan fingerprint density at radius 1 is 1.41 bits per heavy atom. The second kappa shape index (κ2) is 6.91. The van der Waals surface area contributed by atoms with Crippen LogP contribution in [0.15, 0.2) is 12.4 Å². The fourth-order valence-electron chi connectivity index (χ4n) is 2.41. The molecule has 7 nitrogen and oxygen atoms in total. The normalized spacial score (nSPS) is 19.0. The van der Waals surface area contributed by atoms with Crippen LogP contribution in [-0.4, -0.2) is 52.8 Å². The van der Waals surface area contributed by atoms with Crippen LogP contribution in [0.25, 0.3) is 0 Å². The van der Waals surface area contributed by atoms with E-state index in [2.05, 4.69) is 20.2 Å². The lowest BCUT2D eigenvalue weighted by molar-refractivity contribution is 0.0505. The van der Waals surface area contributed by atoms with Gasteiger partial charge in [-0.3, -0.25) is 9.88 Å². The number of rotatable bonds is 4. The minimum atomic E-state index is -0.477. The zero-order valence-corrected chi connectivity index (χ0v) is 13.6. The first kappa shape index (κ1) is 16.5. The van der Waals surface area contributed by atoms with E-state index in [-0.39, 0.29) is 12.1 Å². The first-order valence-electron chi connectivity index (χ1n) is 7.43. The van der Waals surface area contributed by atoms with Crippen molar-refractivity contribution in [1.82, 2.24) is 20.2 Å². The number of ether oxygens (including phenoxy) is 2. The molecule has 0 spiro atoms. The minimum Gasteiger partial charge on any atom is -0.480 e. The predicted octanol–water partition coefficient (Wildman–Crippen LogP) is 1.58. The van der Waals surface area contributed by atoms with E-state index < -0.39 is 5.60 Å². The highest BCUT2D eigenvalue weighted by molar-refractivity contribution is 5.68. The molecular formula is C15H24N4O3. The molecule has 1 atom stereocenters. The molecule has 1 fully saturated rings. The molecule has 0 aromatic carbocycles. The number of likely N-dealkylation sites (tertiary alicyclic amines) is 1. The summed E-state index contributed by atoms with van der Waals surface area (Å²) in [5, 5.41) is 2.91. The first-order chi connectivity index (χ1) is 10.4. The summed E-state index contributed by atoms with van der Waals surface area (Å²) in [4.78, 5) is 22.5. The van der Waals surface area contributed by atoms with Crippen molar-refractivity contribution in [3.05, 3.63) is 18.1 Å². The highest BCUT2D eigenvalue weighted by Gasteiger charge is 2.27. The van der Waals surface area contributed by atoms with Crippen molar-refractivity contribution in [3.8, 4) is 5.88 Å². The number of carbonyl (C=O) groups is 1. The van der Waals surface area contributed by atoms with E-state index in [1.54, 1.807) is 19.5 Å². The third-order valence-electron chi connectivity index (χ3n) is 3.30. The van der Waals surface area contributed by atoms with Gasteiger partial charge in [-0.1, -0.05) is 0 Å². The average molecular weight is 308 g/mol. The summed E-state index contributed by atoms with van der Waals surface area (Å²) in [5.41, 5.74) is 0.331. The van der Waals surface area contributed by atoms with Crippen molar-refractivity contribution in [1.29, 1.82) is 0 Å². The largest absolute Gasteiger partial charge is 0.480 e. The highest BCUT2D eigenvalue weighted by atomic mass is 16.6. The van der Waals surface area contributed by atoms with Crippen LogP contribution in [0.4, 0.5) is 4.79 Å². The first-order valence-corrected chi connectivity index (χ1v) is 7.43. The van der Waals surface area contributed by atoms with Crippen molar-refractivity contribution < 1.29 is 14.3 Å². The Morgan fingerprint density at radius 2 is 2.14 bits per heavy atom. The van der Waals surface area contributed by atoms with Gasteiger partial charge in [0.1, 0.15) is 11.3 Å². The van der Waals surface area contributed by atoms with Gasteiger partial charge in [0.2, 0.25) is 5.88 Å². The van der Waals surface area contributed by atoms with Crippen molar-refractivity contribution in [2.24, 2.45) is 0 Å². The molecule has 0 saturated carbocycles. The molecule has 1 N–H and O–H groups in total. The average Bonchev–Trinajstić information content (AvgIpc) is 2.84.